The van der Waals surface area contributed by atoms with Crippen molar-refractivity contribution in [3.63, 3.8) is 0 Å². The number of aliphatic carboxylic acids is 1. The van der Waals surface area contributed by atoms with Crippen LogP contribution in [0.25, 0.3) is 0 Å². The predicted molar refractivity (Wildman–Crippen MR) is 69.6 cm³/mol. The molecule has 18 heavy (non-hydrogen) atoms. The molecule has 0 fully saturated rings. The minimum atomic E-state index is -1.05. The maximum absolute atomic E-state index is 10.7. The molecule has 100 valence electrons. The summed E-state index contributed by atoms with van der Waals surface area (Å²) in [4.78, 5) is 10.7. The number of rotatable bonds is 5. The Balaban J connectivity index is 3.04. The van der Waals surface area contributed by atoms with Crippen LogP contribution in [0.3, 0.4) is 0 Å². The highest BCUT2D eigenvalue weighted by Gasteiger charge is 2.21. The molecule has 1 rings (SSSR count). The summed E-state index contributed by atoms with van der Waals surface area (Å²) in [6.07, 6.45) is 0.176. The number of benzene rings is 1. The molecule has 0 amide bonds. The van der Waals surface area contributed by atoms with Crippen LogP contribution in [0.4, 0.5) is 0 Å². The normalized spacial score (nSPS) is 14.1. The molecule has 0 aliphatic heterocycles. The molecule has 0 bridgehead atoms. The zero-order valence-electron chi connectivity index (χ0n) is 10.9. The van der Waals surface area contributed by atoms with Crippen LogP contribution >= 0.6 is 0 Å². The van der Waals surface area contributed by atoms with Crippen molar-refractivity contribution in [1.82, 2.24) is 0 Å². The van der Waals surface area contributed by atoms with E-state index in [0.29, 0.717) is 5.75 Å². The molecule has 1 aromatic rings. The second-order valence-electron chi connectivity index (χ2n) is 4.48. The van der Waals surface area contributed by atoms with Gasteiger partial charge in [0.15, 0.2) is 0 Å². The smallest absolute Gasteiger partial charge is 0.320 e. The molecule has 0 saturated heterocycles. The largest absolute Gasteiger partial charge is 0.496 e. The monoisotopic (exact) mass is 252 g/mol. The second-order valence-corrected chi connectivity index (χ2v) is 4.48. The van der Waals surface area contributed by atoms with Gasteiger partial charge in [0.1, 0.15) is 11.8 Å². The standard InChI is InChI=1S/C13H20N2O3/c1-7-4-8(2)12(11(5-7)18-3)9(14)6-10(15)13(16)17/h4-5,9-10H,6,14-15H2,1-3H3,(H,16,17). The highest BCUT2D eigenvalue weighted by atomic mass is 16.5. The van der Waals surface area contributed by atoms with Gasteiger partial charge < -0.3 is 21.3 Å². The van der Waals surface area contributed by atoms with Crippen molar-refractivity contribution in [2.75, 3.05) is 7.11 Å². The highest BCUT2D eigenvalue weighted by Crippen LogP contribution is 2.30. The number of nitrogens with two attached hydrogens (primary N) is 2. The van der Waals surface area contributed by atoms with Crippen LogP contribution < -0.4 is 16.2 Å². The van der Waals surface area contributed by atoms with Gasteiger partial charge in [-0.2, -0.15) is 0 Å². The minimum Gasteiger partial charge on any atom is -0.496 e. The maximum Gasteiger partial charge on any atom is 0.320 e. The Kier molecular flexibility index (Phi) is 4.69. The van der Waals surface area contributed by atoms with E-state index in [9.17, 15) is 4.79 Å². The summed E-state index contributed by atoms with van der Waals surface area (Å²) in [6, 6.07) is 2.45. The molecule has 0 aliphatic rings. The van der Waals surface area contributed by atoms with Crippen LogP contribution in [0.5, 0.6) is 5.75 Å². The van der Waals surface area contributed by atoms with Gasteiger partial charge >= 0.3 is 5.97 Å². The summed E-state index contributed by atoms with van der Waals surface area (Å²) in [5, 5.41) is 8.81. The van der Waals surface area contributed by atoms with Crippen LogP contribution in [-0.4, -0.2) is 24.2 Å². The van der Waals surface area contributed by atoms with Crippen molar-refractivity contribution in [2.24, 2.45) is 11.5 Å². The topological polar surface area (TPSA) is 98.6 Å². The number of methoxy groups -OCH3 is 1. The van der Waals surface area contributed by atoms with Gasteiger partial charge in [-0.1, -0.05) is 6.07 Å². The maximum atomic E-state index is 10.7. The fraction of sp³-hybridized carbons (Fsp3) is 0.462. The molecule has 0 saturated carbocycles. The summed E-state index contributed by atoms with van der Waals surface area (Å²) in [7, 11) is 1.57. The Morgan fingerprint density at radius 3 is 2.50 bits per heavy atom. The van der Waals surface area contributed by atoms with Gasteiger partial charge in [-0.05, 0) is 37.5 Å². The number of carbonyl (C=O) groups is 1. The van der Waals surface area contributed by atoms with Gasteiger partial charge in [0.2, 0.25) is 0 Å². The molecule has 2 unspecified atom stereocenters. The van der Waals surface area contributed by atoms with Gasteiger partial charge in [-0.15, -0.1) is 0 Å². The Labute approximate surface area is 107 Å². The zero-order chi connectivity index (χ0) is 13.9. The van der Waals surface area contributed by atoms with E-state index in [1.807, 2.05) is 26.0 Å². The summed E-state index contributed by atoms with van der Waals surface area (Å²) in [5.74, 6) is -0.369. The lowest BCUT2D eigenvalue weighted by Gasteiger charge is -2.20. The summed E-state index contributed by atoms with van der Waals surface area (Å²) in [6.45, 7) is 3.89. The first kappa shape index (κ1) is 14.5. The van der Waals surface area contributed by atoms with E-state index < -0.39 is 18.1 Å². The van der Waals surface area contributed by atoms with Crippen LogP contribution in [0.1, 0.15) is 29.2 Å². The predicted octanol–water partition coefficient (Wildman–Crippen LogP) is 1.11. The molecule has 0 radical (unpaired) electrons. The molecule has 2 atom stereocenters. The third-order valence-corrected chi connectivity index (χ3v) is 2.91. The van der Waals surface area contributed by atoms with Crippen molar-refractivity contribution < 1.29 is 14.6 Å². The Hall–Kier alpha value is -1.59. The van der Waals surface area contributed by atoms with E-state index in [1.54, 1.807) is 7.11 Å². The molecule has 1 aromatic carbocycles. The molecule has 0 heterocycles. The SMILES string of the molecule is COc1cc(C)cc(C)c1C(N)CC(N)C(=O)O. The first-order valence-corrected chi connectivity index (χ1v) is 5.76. The second kappa shape index (κ2) is 5.84. The van der Waals surface area contributed by atoms with E-state index in [1.165, 1.54) is 0 Å². The average molecular weight is 252 g/mol. The van der Waals surface area contributed by atoms with E-state index in [0.717, 1.165) is 16.7 Å². The molecule has 0 aromatic heterocycles. The Bertz CT molecular complexity index is 446. The summed E-state index contributed by atoms with van der Waals surface area (Å²) >= 11 is 0. The van der Waals surface area contributed by atoms with Crippen molar-refractivity contribution in [3.8, 4) is 5.75 Å². The van der Waals surface area contributed by atoms with Gasteiger partial charge in [0.25, 0.3) is 0 Å². The molecule has 5 heteroatoms. The lowest BCUT2D eigenvalue weighted by Crippen LogP contribution is -2.34. The zero-order valence-corrected chi connectivity index (χ0v) is 10.9. The molecular weight excluding hydrogens is 232 g/mol. The van der Waals surface area contributed by atoms with Gasteiger partial charge in [-0.3, -0.25) is 4.79 Å². The number of hydrogen-bond donors (Lipinski definition) is 3. The molecular formula is C13H20N2O3. The Morgan fingerprint density at radius 1 is 1.39 bits per heavy atom. The molecule has 0 spiro atoms. The van der Waals surface area contributed by atoms with Crippen molar-refractivity contribution >= 4 is 5.97 Å². The van der Waals surface area contributed by atoms with E-state index in [4.69, 9.17) is 21.3 Å². The molecule has 5 N–H and O–H groups in total. The fourth-order valence-corrected chi connectivity index (χ4v) is 2.08. The molecule has 5 nitrogen and oxygen atoms in total. The van der Waals surface area contributed by atoms with Gasteiger partial charge in [0, 0.05) is 11.6 Å². The number of aryl methyl sites for hydroxylation is 2. The van der Waals surface area contributed by atoms with E-state index in [-0.39, 0.29) is 6.42 Å². The number of hydrogen-bond acceptors (Lipinski definition) is 4. The first-order valence-electron chi connectivity index (χ1n) is 5.76. The van der Waals surface area contributed by atoms with Crippen molar-refractivity contribution in [1.29, 1.82) is 0 Å². The fourth-order valence-electron chi connectivity index (χ4n) is 2.08. The number of carboxylic acids is 1. The van der Waals surface area contributed by atoms with Crippen LogP contribution in [-0.2, 0) is 4.79 Å². The first-order chi connectivity index (χ1) is 8.36. The number of ether oxygens (including phenoxy) is 1. The van der Waals surface area contributed by atoms with Crippen molar-refractivity contribution in [2.45, 2.75) is 32.4 Å². The third kappa shape index (κ3) is 3.21. The van der Waals surface area contributed by atoms with Crippen LogP contribution in [0.15, 0.2) is 12.1 Å². The van der Waals surface area contributed by atoms with Crippen LogP contribution in [0, 0.1) is 13.8 Å². The molecule has 0 aliphatic carbocycles. The van der Waals surface area contributed by atoms with Gasteiger partial charge in [-0.25, -0.2) is 0 Å². The van der Waals surface area contributed by atoms with Crippen molar-refractivity contribution in [3.05, 3.63) is 28.8 Å². The average Bonchev–Trinajstić information content (AvgIpc) is 2.27. The number of carboxylic acid groups (broad SMARTS) is 1. The van der Waals surface area contributed by atoms with Gasteiger partial charge in [0.05, 0.1) is 7.11 Å². The highest BCUT2D eigenvalue weighted by molar-refractivity contribution is 5.73. The lowest BCUT2D eigenvalue weighted by molar-refractivity contribution is -0.138. The van der Waals surface area contributed by atoms with E-state index in [2.05, 4.69) is 0 Å². The summed E-state index contributed by atoms with van der Waals surface area (Å²) < 4.78 is 5.30. The van der Waals surface area contributed by atoms with Crippen LogP contribution in [0.2, 0.25) is 0 Å². The minimum absolute atomic E-state index is 0.176. The summed E-state index contributed by atoms with van der Waals surface area (Å²) in [5.41, 5.74) is 14.4. The van der Waals surface area contributed by atoms with E-state index >= 15 is 0 Å². The quantitative estimate of drug-likeness (QED) is 0.729. The lowest BCUT2D eigenvalue weighted by atomic mass is 9.94. The third-order valence-electron chi connectivity index (χ3n) is 2.91. The Morgan fingerprint density at radius 2 is 2.00 bits per heavy atom.